The number of nitrogens with one attached hydrogen (secondary N) is 1. The van der Waals surface area contributed by atoms with Crippen molar-refractivity contribution >= 4 is 22.1 Å². The van der Waals surface area contributed by atoms with Crippen LogP contribution in [0, 0.1) is 5.92 Å². The highest BCUT2D eigenvalue weighted by molar-refractivity contribution is 7.89. The zero-order valence-electron chi connectivity index (χ0n) is 16.5. The van der Waals surface area contributed by atoms with Gasteiger partial charge in [0.05, 0.1) is 10.5 Å². The molecule has 0 aliphatic carbocycles. The Balaban J connectivity index is 1.80. The molecule has 0 radical (unpaired) electrons. The number of carbonyl (C=O) groups excluding carboxylic acids is 1. The standard InChI is InChI=1S/C19H28N2O6S/c1-19(2,3)27-18(24)21-11-8-14(9-12-21)7-10-20-28(25,26)16-6-4-5-15(13-16)17(22)23/h4-6,13-14,20H,7-12H2,1-3H3,(H,22,23). The van der Waals surface area contributed by atoms with Crippen LogP contribution in [0.25, 0.3) is 0 Å². The van der Waals surface area contributed by atoms with Gasteiger partial charge in [-0.25, -0.2) is 22.7 Å². The Morgan fingerprint density at radius 1 is 1.25 bits per heavy atom. The number of likely N-dealkylation sites (tertiary alicyclic amines) is 1. The maximum absolute atomic E-state index is 12.3. The lowest BCUT2D eigenvalue weighted by atomic mass is 9.94. The molecule has 1 fully saturated rings. The molecule has 2 N–H and O–H groups in total. The quantitative estimate of drug-likeness (QED) is 0.743. The highest BCUT2D eigenvalue weighted by Gasteiger charge is 2.27. The topological polar surface area (TPSA) is 113 Å². The predicted octanol–water partition coefficient (Wildman–Crippen LogP) is 2.70. The summed E-state index contributed by atoms with van der Waals surface area (Å²) in [5.41, 5.74) is -0.596. The highest BCUT2D eigenvalue weighted by atomic mass is 32.2. The van der Waals surface area contributed by atoms with E-state index in [0.29, 0.717) is 25.4 Å². The maximum Gasteiger partial charge on any atom is 0.410 e. The molecule has 1 aliphatic rings. The van der Waals surface area contributed by atoms with Gasteiger partial charge in [-0.3, -0.25) is 0 Å². The molecule has 2 rings (SSSR count). The molecule has 1 aromatic carbocycles. The van der Waals surface area contributed by atoms with Gasteiger partial charge in [0.15, 0.2) is 0 Å². The van der Waals surface area contributed by atoms with Gasteiger partial charge in [-0.15, -0.1) is 0 Å². The number of carbonyl (C=O) groups is 2. The molecule has 9 heteroatoms. The monoisotopic (exact) mass is 412 g/mol. The van der Waals surface area contributed by atoms with Gasteiger partial charge in [-0.05, 0) is 64.2 Å². The highest BCUT2D eigenvalue weighted by Crippen LogP contribution is 2.22. The molecule has 0 bridgehead atoms. The Bertz CT molecular complexity index is 808. The van der Waals surface area contributed by atoms with E-state index in [1.165, 1.54) is 18.2 Å². The first kappa shape index (κ1) is 22.2. The lowest BCUT2D eigenvalue weighted by Crippen LogP contribution is -2.42. The lowest BCUT2D eigenvalue weighted by molar-refractivity contribution is 0.0181. The predicted molar refractivity (Wildman–Crippen MR) is 104 cm³/mol. The van der Waals surface area contributed by atoms with Crippen LogP contribution in [0.15, 0.2) is 29.2 Å². The summed E-state index contributed by atoms with van der Waals surface area (Å²) in [7, 11) is -3.76. The van der Waals surface area contributed by atoms with E-state index in [0.717, 1.165) is 18.9 Å². The molecule has 0 atom stereocenters. The summed E-state index contributed by atoms with van der Waals surface area (Å²) in [6.45, 7) is 6.93. The van der Waals surface area contributed by atoms with E-state index in [2.05, 4.69) is 4.72 Å². The van der Waals surface area contributed by atoms with E-state index >= 15 is 0 Å². The number of hydrogen-bond donors (Lipinski definition) is 2. The van der Waals surface area contributed by atoms with Crippen molar-refractivity contribution in [3.8, 4) is 0 Å². The minimum atomic E-state index is -3.76. The second-order valence-electron chi connectivity index (χ2n) is 7.93. The molecule has 1 heterocycles. The average Bonchev–Trinajstić information content (AvgIpc) is 2.61. The SMILES string of the molecule is CC(C)(C)OC(=O)N1CCC(CCNS(=O)(=O)c2cccc(C(=O)O)c2)CC1. The summed E-state index contributed by atoms with van der Waals surface area (Å²) in [6.07, 6.45) is 1.91. The van der Waals surface area contributed by atoms with Gasteiger partial charge in [0.25, 0.3) is 0 Å². The van der Waals surface area contributed by atoms with Crippen molar-refractivity contribution < 1.29 is 27.9 Å². The van der Waals surface area contributed by atoms with Gasteiger partial charge >= 0.3 is 12.1 Å². The van der Waals surface area contributed by atoms with Crippen LogP contribution in [0.4, 0.5) is 4.79 Å². The minimum Gasteiger partial charge on any atom is -0.478 e. The molecule has 8 nitrogen and oxygen atoms in total. The molecule has 28 heavy (non-hydrogen) atoms. The molecule has 0 saturated carbocycles. The minimum absolute atomic E-state index is 0.0628. The van der Waals surface area contributed by atoms with Gasteiger partial charge in [0.1, 0.15) is 5.60 Å². The molecule has 1 aliphatic heterocycles. The van der Waals surface area contributed by atoms with Crippen LogP contribution in [0.3, 0.4) is 0 Å². The third-order valence-corrected chi connectivity index (χ3v) is 5.96. The largest absolute Gasteiger partial charge is 0.478 e. The van der Waals surface area contributed by atoms with E-state index in [9.17, 15) is 18.0 Å². The molecular weight excluding hydrogens is 384 g/mol. The first-order valence-electron chi connectivity index (χ1n) is 9.29. The molecule has 1 amide bonds. The number of nitrogens with zero attached hydrogens (tertiary/aromatic N) is 1. The fourth-order valence-corrected chi connectivity index (χ4v) is 4.10. The Hall–Kier alpha value is -2.13. The summed E-state index contributed by atoms with van der Waals surface area (Å²) in [4.78, 5) is 24.7. The number of aromatic carboxylic acids is 1. The van der Waals surface area contributed by atoms with Crippen LogP contribution in [0.5, 0.6) is 0 Å². The van der Waals surface area contributed by atoms with Crippen molar-refractivity contribution in [2.24, 2.45) is 5.92 Å². The number of benzene rings is 1. The van der Waals surface area contributed by atoms with E-state index < -0.39 is 21.6 Å². The number of rotatable bonds is 6. The summed E-state index contributed by atoms with van der Waals surface area (Å²) < 4.78 is 32.6. The Morgan fingerprint density at radius 2 is 1.89 bits per heavy atom. The molecule has 1 aromatic rings. The second-order valence-corrected chi connectivity index (χ2v) is 9.70. The van der Waals surface area contributed by atoms with Crippen LogP contribution in [0.2, 0.25) is 0 Å². The van der Waals surface area contributed by atoms with Gasteiger partial charge in [-0.2, -0.15) is 0 Å². The number of carboxylic acid groups (broad SMARTS) is 1. The molecule has 0 aromatic heterocycles. The summed E-state index contributed by atoms with van der Waals surface area (Å²) in [5, 5.41) is 8.99. The number of ether oxygens (including phenoxy) is 1. The molecular formula is C19H28N2O6S. The van der Waals surface area contributed by atoms with E-state index in [-0.39, 0.29) is 23.1 Å². The van der Waals surface area contributed by atoms with Crippen molar-refractivity contribution in [1.29, 1.82) is 0 Å². The van der Waals surface area contributed by atoms with E-state index in [4.69, 9.17) is 9.84 Å². The molecule has 1 saturated heterocycles. The summed E-state index contributed by atoms with van der Waals surface area (Å²) in [5.74, 6) is -0.861. The van der Waals surface area contributed by atoms with Crippen LogP contribution in [-0.4, -0.2) is 55.7 Å². The van der Waals surface area contributed by atoms with E-state index in [1.54, 1.807) is 4.90 Å². The van der Waals surface area contributed by atoms with Crippen LogP contribution in [-0.2, 0) is 14.8 Å². The van der Waals surface area contributed by atoms with Gasteiger partial charge in [0, 0.05) is 19.6 Å². The average molecular weight is 413 g/mol. The Kier molecular flexibility index (Phi) is 7.06. The summed E-state index contributed by atoms with van der Waals surface area (Å²) >= 11 is 0. The first-order valence-corrected chi connectivity index (χ1v) is 10.8. The van der Waals surface area contributed by atoms with Crippen molar-refractivity contribution in [3.05, 3.63) is 29.8 Å². The number of carboxylic acids is 1. The molecule has 0 unspecified atom stereocenters. The van der Waals surface area contributed by atoms with Crippen molar-refractivity contribution in [1.82, 2.24) is 9.62 Å². The number of amides is 1. The first-order chi connectivity index (χ1) is 13.0. The van der Waals surface area contributed by atoms with Gasteiger partial charge < -0.3 is 14.7 Å². The maximum atomic E-state index is 12.3. The fourth-order valence-electron chi connectivity index (χ4n) is 3.01. The second kappa shape index (κ2) is 8.91. The molecule has 156 valence electrons. The summed E-state index contributed by atoms with van der Waals surface area (Å²) in [6, 6.07) is 5.27. The van der Waals surface area contributed by atoms with E-state index in [1.807, 2.05) is 20.8 Å². The fraction of sp³-hybridized carbons (Fsp3) is 0.579. The van der Waals surface area contributed by atoms with Crippen molar-refractivity contribution in [2.75, 3.05) is 19.6 Å². The smallest absolute Gasteiger partial charge is 0.410 e. The lowest BCUT2D eigenvalue weighted by Gasteiger charge is -2.33. The Labute approximate surface area is 165 Å². The number of piperidine rings is 1. The van der Waals surface area contributed by atoms with Crippen LogP contribution in [0.1, 0.15) is 50.4 Å². The van der Waals surface area contributed by atoms with Gasteiger partial charge in [0.2, 0.25) is 10.0 Å². The van der Waals surface area contributed by atoms with Gasteiger partial charge in [-0.1, -0.05) is 6.07 Å². The molecule has 0 spiro atoms. The third-order valence-electron chi connectivity index (χ3n) is 4.50. The Morgan fingerprint density at radius 3 is 2.46 bits per heavy atom. The number of hydrogen-bond acceptors (Lipinski definition) is 5. The van der Waals surface area contributed by atoms with Crippen molar-refractivity contribution in [3.63, 3.8) is 0 Å². The number of sulfonamides is 1. The van der Waals surface area contributed by atoms with Crippen LogP contribution >= 0.6 is 0 Å². The van der Waals surface area contributed by atoms with Crippen LogP contribution < -0.4 is 4.72 Å². The third kappa shape index (κ3) is 6.49. The zero-order valence-corrected chi connectivity index (χ0v) is 17.3. The normalized spacial score (nSPS) is 16.0. The zero-order chi connectivity index (χ0) is 20.9. The van der Waals surface area contributed by atoms with Crippen molar-refractivity contribution in [2.45, 2.75) is 50.5 Å².